The molecule has 166 valence electrons. The van der Waals surface area contributed by atoms with E-state index in [2.05, 4.69) is 14.5 Å². The van der Waals surface area contributed by atoms with Gasteiger partial charge in [0.1, 0.15) is 17.3 Å². The van der Waals surface area contributed by atoms with Crippen molar-refractivity contribution in [3.05, 3.63) is 23.4 Å². The molecule has 2 aliphatic heterocycles. The van der Waals surface area contributed by atoms with Gasteiger partial charge in [-0.25, -0.2) is 9.79 Å². The van der Waals surface area contributed by atoms with Gasteiger partial charge in [-0.15, -0.1) is 0 Å². The third kappa shape index (κ3) is 2.47. The van der Waals surface area contributed by atoms with Gasteiger partial charge in [-0.2, -0.15) is 26.3 Å². The van der Waals surface area contributed by atoms with E-state index in [0.29, 0.717) is 0 Å². The van der Waals surface area contributed by atoms with E-state index in [9.17, 15) is 40.7 Å². The zero-order valence-electron chi connectivity index (χ0n) is 15.5. The molecular weight excluding hydrogens is 436 g/mol. The van der Waals surface area contributed by atoms with E-state index in [1.165, 1.54) is 6.08 Å². The number of aliphatic imine (C=N–C) groups is 1. The van der Waals surface area contributed by atoms with Crippen LogP contribution in [0.4, 0.5) is 26.3 Å². The fourth-order valence-electron chi connectivity index (χ4n) is 6.21. The van der Waals surface area contributed by atoms with Crippen LogP contribution >= 0.6 is 0 Å². The minimum atomic E-state index is -5.44. The second-order valence-electron chi connectivity index (χ2n) is 8.27. The molecule has 6 aliphatic rings. The number of carbonyl (C=O) groups is 3. The van der Waals surface area contributed by atoms with E-state index in [1.807, 2.05) is 0 Å². The van der Waals surface area contributed by atoms with Gasteiger partial charge in [0.05, 0.1) is 18.9 Å². The summed E-state index contributed by atoms with van der Waals surface area (Å²) < 4.78 is 91.7. The molecule has 1 saturated heterocycles. The van der Waals surface area contributed by atoms with Gasteiger partial charge in [0.25, 0.3) is 0 Å². The van der Waals surface area contributed by atoms with Crippen molar-refractivity contribution in [1.29, 1.82) is 0 Å². The Labute approximate surface area is 170 Å². The lowest BCUT2D eigenvalue weighted by molar-refractivity contribution is -0.199. The van der Waals surface area contributed by atoms with Crippen molar-refractivity contribution in [2.24, 2.45) is 52.3 Å². The number of halogens is 6. The summed E-state index contributed by atoms with van der Waals surface area (Å²) >= 11 is 0. The Morgan fingerprint density at radius 3 is 2.10 bits per heavy atom. The molecule has 0 amide bonds. The van der Waals surface area contributed by atoms with Crippen LogP contribution < -0.4 is 0 Å². The van der Waals surface area contributed by atoms with Crippen molar-refractivity contribution < 1.29 is 50.2 Å². The minimum absolute atomic E-state index is 0.197. The predicted molar refractivity (Wildman–Crippen MR) is 86.7 cm³/mol. The summed E-state index contributed by atoms with van der Waals surface area (Å²) in [5.41, 5.74) is -3.12. The van der Waals surface area contributed by atoms with Crippen LogP contribution in [0.2, 0.25) is 0 Å². The summed E-state index contributed by atoms with van der Waals surface area (Å²) in [6, 6.07) is 0. The van der Waals surface area contributed by atoms with Gasteiger partial charge >= 0.3 is 30.3 Å². The van der Waals surface area contributed by atoms with Gasteiger partial charge in [-0.05, 0) is 29.2 Å². The fraction of sp³-hybridized carbons (Fsp3) is 0.579. The molecule has 2 heterocycles. The first-order chi connectivity index (χ1) is 14.4. The standard InChI is InChI=1S/C19H13F6NO5/c1-30-17(29)13-11-7-5-3-2-4(8-9(5)16(28)31-15(8)27)6(7)10(11)12(18(20,21)22)14(26-13)19(23,24)25/h2-10,12H,1H3. The Morgan fingerprint density at radius 1 is 0.968 bits per heavy atom. The number of carbonyl (C=O) groups excluding carboxylic acids is 3. The predicted octanol–water partition coefficient (Wildman–Crippen LogP) is 2.60. The zero-order valence-corrected chi connectivity index (χ0v) is 15.5. The van der Waals surface area contributed by atoms with Crippen molar-refractivity contribution in [2.75, 3.05) is 7.11 Å². The highest BCUT2D eigenvalue weighted by molar-refractivity contribution is 6.02. The van der Waals surface area contributed by atoms with Crippen molar-refractivity contribution in [3.63, 3.8) is 0 Å². The molecule has 2 bridgehead atoms. The van der Waals surface area contributed by atoms with Crippen molar-refractivity contribution in [2.45, 2.75) is 12.4 Å². The van der Waals surface area contributed by atoms with Crippen LogP contribution in [-0.2, 0) is 23.9 Å². The van der Waals surface area contributed by atoms with Gasteiger partial charge in [-0.1, -0.05) is 12.2 Å². The van der Waals surface area contributed by atoms with Gasteiger partial charge in [0, 0.05) is 5.92 Å². The van der Waals surface area contributed by atoms with E-state index >= 15 is 0 Å². The molecule has 8 atom stereocenters. The van der Waals surface area contributed by atoms with Gasteiger partial charge < -0.3 is 9.47 Å². The number of alkyl halides is 6. The molecule has 0 radical (unpaired) electrons. The number of cyclic esters (lactones) is 2. The Kier molecular flexibility index (Phi) is 3.90. The summed E-state index contributed by atoms with van der Waals surface area (Å²) in [4.78, 5) is 39.7. The maximum atomic E-state index is 13.9. The largest absolute Gasteiger partial charge is 0.464 e. The maximum Gasteiger partial charge on any atom is 0.430 e. The molecule has 6 rings (SSSR count). The summed E-state index contributed by atoms with van der Waals surface area (Å²) in [7, 11) is 0.885. The maximum absolute atomic E-state index is 13.9. The third-order valence-corrected chi connectivity index (χ3v) is 7.11. The summed E-state index contributed by atoms with van der Waals surface area (Å²) in [6.45, 7) is 0. The first kappa shape index (κ1) is 20.3. The van der Waals surface area contributed by atoms with Crippen molar-refractivity contribution in [3.8, 4) is 0 Å². The first-order valence-electron chi connectivity index (χ1n) is 9.36. The summed E-state index contributed by atoms with van der Waals surface area (Å²) in [5, 5.41) is 0. The molecule has 31 heavy (non-hydrogen) atoms. The highest BCUT2D eigenvalue weighted by atomic mass is 19.4. The highest BCUT2D eigenvalue weighted by Gasteiger charge is 2.73. The lowest BCUT2D eigenvalue weighted by Crippen LogP contribution is -2.65. The van der Waals surface area contributed by atoms with Crippen molar-refractivity contribution >= 4 is 23.6 Å². The normalized spacial score (nSPS) is 40.5. The fourth-order valence-corrected chi connectivity index (χ4v) is 6.21. The van der Waals surface area contributed by atoms with E-state index in [0.717, 1.165) is 7.11 Å². The first-order valence-corrected chi connectivity index (χ1v) is 9.36. The number of methoxy groups -OCH3 is 1. The molecule has 6 nitrogen and oxygen atoms in total. The molecule has 8 unspecified atom stereocenters. The molecule has 4 aliphatic carbocycles. The molecule has 0 aromatic rings. The van der Waals surface area contributed by atoms with Crippen LogP contribution in [0.1, 0.15) is 0 Å². The Hall–Kier alpha value is -2.66. The van der Waals surface area contributed by atoms with E-state index in [1.54, 1.807) is 6.08 Å². The molecule has 0 spiro atoms. The van der Waals surface area contributed by atoms with Gasteiger partial charge in [-0.3, -0.25) is 9.59 Å². The molecule has 0 aromatic heterocycles. The molecule has 12 heteroatoms. The lowest BCUT2D eigenvalue weighted by Gasteiger charge is -2.63. The second kappa shape index (κ2) is 5.98. The zero-order chi connectivity index (χ0) is 22.6. The molecular formula is C19H13F6NO5. The van der Waals surface area contributed by atoms with Crippen LogP contribution in [0.15, 0.2) is 28.4 Å². The number of allylic oxidation sites excluding steroid dienone is 3. The molecule has 0 aromatic carbocycles. The second-order valence-corrected chi connectivity index (χ2v) is 8.27. The van der Waals surface area contributed by atoms with Crippen LogP contribution in [0, 0.1) is 47.3 Å². The number of rotatable bonds is 1. The highest BCUT2D eigenvalue weighted by Crippen LogP contribution is 2.70. The summed E-state index contributed by atoms with van der Waals surface area (Å²) in [6.07, 6.45) is -7.70. The number of hydrogen-bond donors (Lipinski definition) is 0. The smallest absolute Gasteiger partial charge is 0.430 e. The quantitative estimate of drug-likeness (QED) is 0.266. The Morgan fingerprint density at radius 2 is 1.55 bits per heavy atom. The van der Waals surface area contributed by atoms with Crippen LogP contribution in [0.25, 0.3) is 0 Å². The summed E-state index contributed by atoms with van der Waals surface area (Å²) in [5.74, 6) is -13.3. The Bertz CT molecular complexity index is 1010. The van der Waals surface area contributed by atoms with Crippen LogP contribution in [0.5, 0.6) is 0 Å². The number of fused-ring (bicyclic) bond motifs is 1. The van der Waals surface area contributed by atoms with Crippen LogP contribution in [0.3, 0.4) is 0 Å². The van der Waals surface area contributed by atoms with E-state index in [4.69, 9.17) is 0 Å². The Balaban J connectivity index is 1.72. The number of esters is 3. The number of nitrogens with zero attached hydrogens (tertiary/aromatic N) is 1. The monoisotopic (exact) mass is 449 g/mol. The molecule has 2 saturated carbocycles. The van der Waals surface area contributed by atoms with Crippen LogP contribution in [-0.4, -0.2) is 43.1 Å². The average molecular weight is 449 g/mol. The van der Waals surface area contributed by atoms with E-state index < -0.39 is 89.0 Å². The lowest BCUT2D eigenvalue weighted by atomic mass is 9.39. The SMILES string of the molecule is COC(=O)C1=C2C3C4C=CC(C5C(=O)OC(=O)C45)C3C2C(C(F)(F)F)C(C(F)(F)F)=N1. The van der Waals surface area contributed by atoms with Crippen molar-refractivity contribution in [1.82, 2.24) is 0 Å². The molecule has 3 fully saturated rings. The molecule has 0 N–H and O–H groups in total. The van der Waals surface area contributed by atoms with E-state index in [-0.39, 0.29) is 5.57 Å². The third-order valence-electron chi connectivity index (χ3n) is 7.11. The minimum Gasteiger partial charge on any atom is -0.464 e. The topological polar surface area (TPSA) is 82.0 Å². The number of hydrogen-bond acceptors (Lipinski definition) is 6. The number of ether oxygens (including phenoxy) is 2. The van der Waals surface area contributed by atoms with Gasteiger partial charge in [0.2, 0.25) is 0 Å². The van der Waals surface area contributed by atoms with Gasteiger partial charge in [0.15, 0.2) is 0 Å². The average Bonchev–Trinajstić information content (AvgIpc) is 2.97.